The first-order valence-corrected chi connectivity index (χ1v) is 14.6. The largest absolute Gasteiger partial charge is 0.444 e. The number of hydrogen-bond acceptors (Lipinski definition) is 9. The zero-order chi connectivity index (χ0) is 32.2. The molecule has 0 aliphatic carbocycles. The van der Waals surface area contributed by atoms with Crippen LogP contribution in [0.15, 0.2) is 46.4 Å². The lowest BCUT2D eigenvalue weighted by atomic mass is 9.90. The molecular formula is C31H47N7O5. The maximum absolute atomic E-state index is 12.8. The normalized spacial score (nSPS) is 17.0. The first kappa shape index (κ1) is 34.8. The molecule has 12 nitrogen and oxygen atoms in total. The van der Waals surface area contributed by atoms with Crippen molar-refractivity contribution in [2.75, 3.05) is 25.5 Å². The number of anilines is 1. The first-order valence-electron chi connectivity index (χ1n) is 14.6. The number of fused-ring (bicyclic) bond motifs is 1. The SMILES string of the molecule is CCCC(C)N1Cc2cc(N/C=C(N)/C(C=NC)=C(/N)C3CCN(C(=O)OC(C)(C)C)CC3)ccc2C1=O.O=CNC=O. The van der Waals surface area contributed by atoms with Gasteiger partial charge < -0.3 is 36.6 Å². The molecule has 1 atom stereocenters. The van der Waals surface area contributed by atoms with Gasteiger partial charge in [0.1, 0.15) is 5.60 Å². The van der Waals surface area contributed by atoms with Crippen LogP contribution >= 0.6 is 0 Å². The molecule has 0 spiro atoms. The lowest BCUT2D eigenvalue weighted by Gasteiger charge is -2.34. The predicted octanol–water partition coefficient (Wildman–Crippen LogP) is 3.49. The highest BCUT2D eigenvalue weighted by Gasteiger charge is 2.31. The number of imide groups is 1. The van der Waals surface area contributed by atoms with Gasteiger partial charge >= 0.3 is 6.09 Å². The van der Waals surface area contributed by atoms with Crippen molar-refractivity contribution in [1.29, 1.82) is 0 Å². The lowest BCUT2D eigenvalue weighted by molar-refractivity contribution is -0.117. The van der Waals surface area contributed by atoms with E-state index < -0.39 is 5.60 Å². The fraction of sp³-hybridized carbons (Fsp3) is 0.516. The summed E-state index contributed by atoms with van der Waals surface area (Å²) in [7, 11) is 1.68. The molecule has 4 amide bonds. The monoisotopic (exact) mass is 597 g/mol. The Morgan fingerprint density at radius 1 is 1.19 bits per heavy atom. The van der Waals surface area contributed by atoms with E-state index in [-0.39, 0.29) is 24.0 Å². The zero-order valence-corrected chi connectivity index (χ0v) is 26.2. The van der Waals surface area contributed by atoms with Crippen LogP contribution in [0.2, 0.25) is 0 Å². The van der Waals surface area contributed by atoms with E-state index in [1.54, 1.807) is 29.7 Å². The summed E-state index contributed by atoms with van der Waals surface area (Å²) in [5.74, 6) is 0.174. The van der Waals surface area contributed by atoms with Crippen molar-refractivity contribution in [3.05, 3.63) is 52.5 Å². The highest BCUT2D eigenvalue weighted by molar-refractivity contribution is 5.99. The van der Waals surface area contributed by atoms with Crippen LogP contribution in [-0.2, 0) is 20.9 Å². The Hall–Kier alpha value is -4.35. The van der Waals surface area contributed by atoms with Crippen molar-refractivity contribution in [2.45, 2.75) is 78.5 Å². The minimum absolute atomic E-state index is 0.0794. The average molecular weight is 598 g/mol. The van der Waals surface area contributed by atoms with Gasteiger partial charge in [0.25, 0.3) is 5.91 Å². The van der Waals surface area contributed by atoms with E-state index in [1.165, 1.54) is 0 Å². The fourth-order valence-corrected chi connectivity index (χ4v) is 4.99. The summed E-state index contributed by atoms with van der Waals surface area (Å²) in [5.41, 5.74) is 17.0. The van der Waals surface area contributed by atoms with Crippen LogP contribution in [0.3, 0.4) is 0 Å². The van der Waals surface area contributed by atoms with Gasteiger partial charge in [0, 0.05) is 73.6 Å². The fourth-order valence-electron chi connectivity index (χ4n) is 4.99. The Labute approximate surface area is 254 Å². The van der Waals surface area contributed by atoms with E-state index in [9.17, 15) is 9.59 Å². The van der Waals surface area contributed by atoms with Gasteiger partial charge in [-0.15, -0.1) is 0 Å². The van der Waals surface area contributed by atoms with Crippen LogP contribution in [-0.4, -0.2) is 72.6 Å². The molecule has 0 aromatic heterocycles. The molecule has 0 saturated carbocycles. The molecule has 1 aromatic carbocycles. The number of rotatable bonds is 10. The van der Waals surface area contributed by atoms with Gasteiger partial charge in [-0.2, -0.15) is 0 Å². The summed E-state index contributed by atoms with van der Waals surface area (Å²) in [6, 6.07) is 5.98. The second-order valence-corrected chi connectivity index (χ2v) is 11.6. The summed E-state index contributed by atoms with van der Waals surface area (Å²) in [4.78, 5) is 51.2. The van der Waals surface area contributed by atoms with E-state index >= 15 is 0 Å². The Morgan fingerprint density at radius 2 is 1.84 bits per heavy atom. The van der Waals surface area contributed by atoms with Crippen molar-refractivity contribution in [1.82, 2.24) is 15.1 Å². The molecule has 12 heteroatoms. The van der Waals surface area contributed by atoms with Crippen LogP contribution in [0.1, 0.15) is 76.2 Å². The molecule has 2 aliphatic heterocycles. The number of likely N-dealkylation sites (tertiary alicyclic amines) is 1. The van der Waals surface area contributed by atoms with Gasteiger partial charge in [0.05, 0.1) is 5.70 Å². The van der Waals surface area contributed by atoms with Gasteiger partial charge in [-0.1, -0.05) is 13.3 Å². The van der Waals surface area contributed by atoms with E-state index in [0.717, 1.165) is 42.5 Å². The summed E-state index contributed by atoms with van der Waals surface area (Å²) < 4.78 is 5.50. The Morgan fingerprint density at radius 3 is 2.37 bits per heavy atom. The van der Waals surface area contributed by atoms with Crippen molar-refractivity contribution in [2.24, 2.45) is 22.4 Å². The number of piperidine rings is 1. The molecule has 43 heavy (non-hydrogen) atoms. The predicted molar refractivity (Wildman–Crippen MR) is 168 cm³/mol. The van der Waals surface area contributed by atoms with E-state index in [0.29, 0.717) is 49.4 Å². The zero-order valence-electron chi connectivity index (χ0n) is 26.2. The number of nitrogens with zero attached hydrogens (tertiary/aromatic N) is 3. The number of ether oxygens (including phenoxy) is 1. The third kappa shape index (κ3) is 10.2. The van der Waals surface area contributed by atoms with Crippen molar-refractivity contribution >= 4 is 36.7 Å². The molecule has 1 saturated heterocycles. The number of aliphatic imine (C=N–C) groups is 1. The molecule has 2 aliphatic rings. The topological polar surface area (TPSA) is 172 Å². The van der Waals surface area contributed by atoms with Gasteiger partial charge in [-0.05, 0) is 70.7 Å². The van der Waals surface area contributed by atoms with E-state index in [1.807, 2.05) is 43.9 Å². The standard InChI is InChI=1S/C29H44N6O3.C2H3NO2/c1-7-8-19(2)35-18-21-15-22(9-10-23(21)27(35)36)33-17-25(30)24(16-32-6)26(31)20-11-13-34(14-12-20)28(37)38-29(3,4)5;4-1-3-2-5/h9-10,15-17,19-20,33H,7-8,11-14,18,30-31H2,1-6H3;1-2H,(H,3,4,5)/b25-17-,26-24+,32-16?;. The van der Waals surface area contributed by atoms with Crippen LogP contribution in [0.5, 0.6) is 0 Å². The Balaban J connectivity index is 0.00000119. The first-order chi connectivity index (χ1) is 20.4. The minimum Gasteiger partial charge on any atom is -0.444 e. The van der Waals surface area contributed by atoms with Crippen LogP contribution in [0.25, 0.3) is 0 Å². The maximum Gasteiger partial charge on any atom is 0.410 e. The minimum atomic E-state index is -0.523. The molecule has 0 bridgehead atoms. The molecule has 6 N–H and O–H groups in total. The van der Waals surface area contributed by atoms with Gasteiger partial charge in [0.2, 0.25) is 12.8 Å². The number of allylic oxidation sites excluding steroid dienone is 2. The number of carbonyl (C=O) groups is 4. The summed E-state index contributed by atoms with van der Waals surface area (Å²) in [6.07, 6.45) is 7.20. The number of nitrogens with two attached hydrogens (primary N) is 2. The van der Waals surface area contributed by atoms with Crippen molar-refractivity contribution in [3.63, 3.8) is 0 Å². The molecule has 3 rings (SSSR count). The van der Waals surface area contributed by atoms with Gasteiger partial charge in [-0.25, -0.2) is 4.79 Å². The number of nitrogens with one attached hydrogen (secondary N) is 2. The van der Waals surface area contributed by atoms with Crippen LogP contribution in [0.4, 0.5) is 10.5 Å². The van der Waals surface area contributed by atoms with Crippen molar-refractivity contribution < 1.29 is 23.9 Å². The third-order valence-corrected chi connectivity index (χ3v) is 7.17. The van der Waals surface area contributed by atoms with Crippen LogP contribution < -0.4 is 22.1 Å². The number of benzene rings is 1. The molecule has 1 unspecified atom stereocenters. The molecular weight excluding hydrogens is 550 g/mol. The quantitative estimate of drug-likeness (QED) is 0.180. The number of amides is 4. The summed E-state index contributed by atoms with van der Waals surface area (Å²) in [6.45, 7) is 11.6. The molecule has 2 heterocycles. The smallest absolute Gasteiger partial charge is 0.410 e. The summed E-state index contributed by atoms with van der Waals surface area (Å²) >= 11 is 0. The van der Waals surface area contributed by atoms with Gasteiger partial charge in [-0.3, -0.25) is 19.4 Å². The number of carbonyl (C=O) groups excluding carboxylic acids is 4. The van der Waals surface area contributed by atoms with E-state index in [4.69, 9.17) is 25.8 Å². The Bertz CT molecular complexity index is 1220. The second-order valence-electron chi connectivity index (χ2n) is 11.6. The summed E-state index contributed by atoms with van der Waals surface area (Å²) in [5, 5.41) is 5.01. The highest BCUT2D eigenvalue weighted by Crippen LogP contribution is 2.29. The lowest BCUT2D eigenvalue weighted by Crippen LogP contribution is -2.42. The molecule has 236 valence electrons. The molecule has 1 fully saturated rings. The molecule has 0 radical (unpaired) electrons. The van der Waals surface area contributed by atoms with Gasteiger partial charge in [0.15, 0.2) is 0 Å². The Kier molecular flexibility index (Phi) is 13.2. The molecule has 1 aromatic rings. The van der Waals surface area contributed by atoms with Crippen molar-refractivity contribution in [3.8, 4) is 0 Å². The maximum atomic E-state index is 12.8. The second kappa shape index (κ2) is 16.3. The number of hydrogen-bond donors (Lipinski definition) is 4. The average Bonchev–Trinajstić information content (AvgIpc) is 3.30. The third-order valence-electron chi connectivity index (χ3n) is 7.17. The van der Waals surface area contributed by atoms with E-state index in [2.05, 4.69) is 24.2 Å². The highest BCUT2D eigenvalue weighted by atomic mass is 16.6. The van der Waals surface area contributed by atoms with Crippen LogP contribution in [0, 0.1) is 5.92 Å².